The third-order valence-corrected chi connectivity index (χ3v) is 8.54. The summed E-state index contributed by atoms with van der Waals surface area (Å²) in [5.74, 6) is -1.88. The molecule has 56 heavy (non-hydrogen) atoms. The highest BCUT2D eigenvalue weighted by molar-refractivity contribution is 6.30. The first-order valence-electron chi connectivity index (χ1n) is 17.7. The van der Waals surface area contributed by atoms with Gasteiger partial charge in [-0.1, -0.05) is 54.1 Å². The quantitative estimate of drug-likeness (QED) is 0.0486. The molecule has 282 valence electrons. The number of hydrogen-bond acceptors (Lipinski definition) is 8. The molecule has 0 aliphatic heterocycles. The second-order valence-electron chi connectivity index (χ2n) is 12.2. The van der Waals surface area contributed by atoms with Crippen LogP contribution in [0.1, 0.15) is 45.7 Å². The van der Waals surface area contributed by atoms with Gasteiger partial charge in [0.25, 0.3) is 11.8 Å². The van der Waals surface area contributed by atoms with Crippen LogP contribution in [0.2, 0.25) is 5.02 Å². The molecule has 0 spiro atoms. The summed E-state index contributed by atoms with van der Waals surface area (Å²) in [6.07, 6.45) is 3.20. The Bertz CT molecular complexity index is 2280. The molecule has 0 saturated carbocycles. The SMILES string of the molecule is CCOC(=O)c1ccc(NC(=O)C(=Cc2cn(-c3ccccc3)nc2-c2cccc(OCc3ccc(Cl)cc3)c2)C(=O)Nc2ccc(C(=O)OCC)cc2)cc1. The number of anilines is 2. The topological polar surface area (TPSA) is 138 Å². The highest BCUT2D eigenvalue weighted by Gasteiger charge is 2.22. The molecule has 0 unspecified atom stereocenters. The lowest BCUT2D eigenvalue weighted by atomic mass is 10.0. The Morgan fingerprint density at radius 3 is 1.82 bits per heavy atom. The Balaban J connectivity index is 1.37. The number of carbonyl (C=O) groups excluding carboxylic acids is 4. The number of para-hydroxylation sites is 1. The van der Waals surface area contributed by atoms with E-state index in [1.54, 1.807) is 61.1 Å². The standard InChI is InChI=1S/C44H37ClN4O7/c1-3-54-43(52)30-15-21-35(22-16-30)46-41(50)39(42(51)47-36-23-17-31(18-24-36)44(53)55-4-2)26-33-27-49(37-10-6-5-7-11-37)48-40(33)32-9-8-12-38(25-32)56-28-29-13-19-34(45)20-14-29/h5-27H,3-4,28H2,1-2H3,(H,46,50)(H,47,51). The molecular weight excluding hydrogens is 732 g/mol. The Labute approximate surface area is 328 Å². The predicted molar refractivity (Wildman–Crippen MR) is 215 cm³/mol. The average Bonchev–Trinajstić information content (AvgIpc) is 3.65. The van der Waals surface area contributed by atoms with Crippen LogP contribution in [-0.2, 0) is 25.7 Å². The van der Waals surface area contributed by atoms with Gasteiger partial charge in [-0.25, -0.2) is 14.3 Å². The molecule has 11 nitrogen and oxygen atoms in total. The molecule has 6 rings (SSSR count). The van der Waals surface area contributed by atoms with E-state index in [1.165, 1.54) is 30.3 Å². The maximum atomic E-state index is 14.1. The van der Waals surface area contributed by atoms with Gasteiger partial charge in [0.05, 0.1) is 30.0 Å². The molecule has 0 aliphatic carbocycles. The van der Waals surface area contributed by atoms with Crippen molar-refractivity contribution in [2.75, 3.05) is 23.8 Å². The van der Waals surface area contributed by atoms with Crippen LogP contribution in [0.5, 0.6) is 5.75 Å². The van der Waals surface area contributed by atoms with E-state index in [0.717, 1.165) is 11.3 Å². The van der Waals surface area contributed by atoms with Gasteiger partial charge in [-0.3, -0.25) is 9.59 Å². The van der Waals surface area contributed by atoms with E-state index in [4.69, 9.17) is 30.9 Å². The monoisotopic (exact) mass is 768 g/mol. The fourth-order valence-electron chi connectivity index (χ4n) is 5.51. The first kappa shape index (κ1) is 38.7. The van der Waals surface area contributed by atoms with Gasteiger partial charge in [-0.2, -0.15) is 5.10 Å². The number of halogens is 1. The van der Waals surface area contributed by atoms with Gasteiger partial charge < -0.3 is 24.8 Å². The second-order valence-corrected chi connectivity index (χ2v) is 12.7. The smallest absolute Gasteiger partial charge is 0.338 e. The van der Waals surface area contributed by atoms with Crippen LogP contribution in [0.3, 0.4) is 0 Å². The normalized spacial score (nSPS) is 10.6. The summed E-state index contributed by atoms with van der Waals surface area (Å²) in [6, 6.07) is 36.4. The predicted octanol–water partition coefficient (Wildman–Crippen LogP) is 8.79. The highest BCUT2D eigenvalue weighted by atomic mass is 35.5. The number of hydrogen-bond donors (Lipinski definition) is 2. The Kier molecular flexibility index (Phi) is 12.7. The number of esters is 2. The molecular formula is C44H37ClN4O7. The number of amides is 2. The van der Waals surface area contributed by atoms with Crippen molar-refractivity contribution in [3.8, 4) is 22.7 Å². The maximum Gasteiger partial charge on any atom is 0.338 e. The summed E-state index contributed by atoms with van der Waals surface area (Å²) in [6.45, 7) is 4.16. The number of rotatable bonds is 14. The van der Waals surface area contributed by atoms with Gasteiger partial charge in [0, 0.05) is 33.7 Å². The number of nitrogens with zero attached hydrogens (tertiary/aromatic N) is 2. The lowest BCUT2D eigenvalue weighted by Gasteiger charge is -2.12. The van der Waals surface area contributed by atoms with Gasteiger partial charge >= 0.3 is 11.9 Å². The zero-order chi connectivity index (χ0) is 39.4. The van der Waals surface area contributed by atoms with E-state index in [9.17, 15) is 19.2 Å². The minimum atomic E-state index is -0.729. The molecule has 0 fully saturated rings. The van der Waals surface area contributed by atoms with Crippen molar-refractivity contribution in [1.82, 2.24) is 9.78 Å². The van der Waals surface area contributed by atoms with Crippen LogP contribution < -0.4 is 15.4 Å². The Hall–Kier alpha value is -6.98. The van der Waals surface area contributed by atoms with E-state index in [-0.39, 0.29) is 18.8 Å². The molecule has 1 aromatic heterocycles. The minimum Gasteiger partial charge on any atom is -0.489 e. The third kappa shape index (κ3) is 9.95. The van der Waals surface area contributed by atoms with Crippen LogP contribution in [-0.4, -0.2) is 46.7 Å². The second kappa shape index (κ2) is 18.4. The lowest BCUT2D eigenvalue weighted by molar-refractivity contribution is -0.118. The number of ether oxygens (including phenoxy) is 3. The summed E-state index contributed by atoms with van der Waals surface area (Å²) in [5.41, 5.74) is 4.33. The molecule has 0 aliphatic rings. The molecule has 0 atom stereocenters. The zero-order valence-corrected chi connectivity index (χ0v) is 31.3. The summed E-state index contributed by atoms with van der Waals surface area (Å²) in [5, 5.41) is 11.1. The van der Waals surface area contributed by atoms with E-state index in [2.05, 4.69) is 10.6 Å². The molecule has 6 aromatic rings. The molecule has 0 saturated heterocycles. The maximum absolute atomic E-state index is 14.1. The first-order valence-corrected chi connectivity index (χ1v) is 18.1. The molecule has 0 radical (unpaired) electrons. The minimum absolute atomic E-state index is 0.218. The number of aromatic nitrogens is 2. The van der Waals surface area contributed by atoms with Crippen LogP contribution >= 0.6 is 11.6 Å². The molecule has 2 amide bonds. The first-order chi connectivity index (χ1) is 27.2. The largest absolute Gasteiger partial charge is 0.489 e. The van der Waals surface area contributed by atoms with Crippen molar-refractivity contribution < 1.29 is 33.4 Å². The highest BCUT2D eigenvalue weighted by Crippen LogP contribution is 2.30. The van der Waals surface area contributed by atoms with Gasteiger partial charge in [0.15, 0.2) is 0 Å². The summed E-state index contributed by atoms with van der Waals surface area (Å²) < 4.78 is 17.9. The van der Waals surface area contributed by atoms with E-state index in [0.29, 0.717) is 56.7 Å². The molecule has 5 aromatic carbocycles. The van der Waals surface area contributed by atoms with Gasteiger partial charge in [-0.15, -0.1) is 0 Å². The summed E-state index contributed by atoms with van der Waals surface area (Å²) in [4.78, 5) is 52.5. The fourth-order valence-corrected chi connectivity index (χ4v) is 5.63. The van der Waals surface area contributed by atoms with Crippen molar-refractivity contribution in [2.45, 2.75) is 20.5 Å². The van der Waals surface area contributed by atoms with Crippen LogP contribution in [0, 0.1) is 0 Å². The van der Waals surface area contributed by atoms with E-state index >= 15 is 0 Å². The zero-order valence-electron chi connectivity index (χ0n) is 30.5. The van der Waals surface area contributed by atoms with E-state index < -0.39 is 23.8 Å². The molecule has 12 heteroatoms. The van der Waals surface area contributed by atoms with Crippen molar-refractivity contribution in [3.05, 3.63) is 166 Å². The van der Waals surface area contributed by atoms with Crippen LogP contribution in [0.25, 0.3) is 23.0 Å². The van der Waals surface area contributed by atoms with Crippen molar-refractivity contribution in [2.24, 2.45) is 0 Å². The lowest BCUT2D eigenvalue weighted by Crippen LogP contribution is -2.25. The number of nitrogens with one attached hydrogen (secondary N) is 2. The number of benzene rings is 5. The average molecular weight is 769 g/mol. The number of carbonyl (C=O) groups is 4. The fraction of sp³-hybridized carbons (Fsp3) is 0.114. The molecule has 0 bridgehead atoms. The van der Waals surface area contributed by atoms with Gasteiger partial charge in [0.1, 0.15) is 23.6 Å². The van der Waals surface area contributed by atoms with Gasteiger partial charge in [0.2, 0.25) is 0 Å². The van der Waals surface area contributed by atoms with Crippen molar-refractivity contribution >= 4 is 52.8 Å². The van der Waals surface area contributed by atoms with Gasteiger partial charge in [-0.05, 0) is 110 Å². The molecule has 2 N–H and O–H groups in total. The molecule has 1 heterocycles. The van der Waals surface area contributed by atoms with Crippen molar-refractivity contribution in [3.63, 3.8) is 0 Å². The summed E-state index contributed by atoms with van der Waals surface area (Å²) >= 11 is 6.05. The van der Waals surface area contributed by atoms with Crippen LogP contribution in [0.15, 0.2) is 139 Å². The third-order valence-electron chi connectivity index (χ3n) is 8.29. The van der Waals surface area contributed by atoms with Crippen LogP contribution in [0.4, 0.5) is 11.4 Å². The van der Waals surface area contributed by atoms with Crippen molar-refractivity contribution in [1.29, 1.82) is 0 Å². The Morgan fingerprint density at radius 1 is 0.696 bits per heavy atom. The Morgan fingerprint density at radius 2 is 1.27 bits per heavy atom. The van der Waals surface area contributed by atoms with E-state index in [1.807, 2.05) is 66.7 Å². The summed E-state index contributed by atoms with van der Waals surface area (Å²) in [7, 11) is 0.